The molecule has 0 radical (unpaired) electrons. The number of nitrogens with two attached hydrogens (primary N) is 1. The zero-order valence-electron chi connectivity index (χ0n) is 17.1. The Bertz CT molecular complexity index is 1370. The Morgan fingerprint density at radius 2 is 1.94 bits per heavy atom. The Morgan fingerprint density at radius 1 is 1.29 bits per heavy atom. The number of nitrogen functional groups attached to an aromatic ring is 1. The molecule has 8 N–H and O–H groups in total. The van der Waals surface area contributed by atoms with Crippen LogP contribution < -0.4 is 11.3 Å². The van der Waals surface area contributed by atoms with E-state index in [-0.39, 0.29) is 17.0 Å². The highest BCUT2D eigenvalue weighted by molar-refractivity contribution is 7.66. The Balaban J connectivity index is 1.87. The number of ether oxygens (including phenoxy) is 1. The maximum Gasteiger partial charge on any atom is 0.490 e. The van der Waals surface area contributed by atoms with E-state index in [1.807, 2.05) is 0 Å². The van der Waals surface area contributed by atoms with Crippen LogP contribution in [0, 0.1) is 18.3 Å². The topological polar surface area (TPSA) is 266 Å². The van der Waals surface area contributed by atoms with Crippen molar-refractivity contribution in [3.05, 3.63) is 22.6 Å². The van der Waals surface area contributed by atoms with E-state index in [1.165, 1.54) is 16.8 Å². The molecule has 4 unspecified atom stereocenters. The summed E-state index contributed by atoms with van der Waals surface area (Å²) in [4.78, 5) is 52.7. The van der Waals surface area contributed by atoms with Gasteiger partial charge in [0.05, 0.1) is 24.7 Å². The van der Waals surface area contributed by atoms with Gasteiger partial charge in [-0.15, -0.1) is 6.42 Å². The molecule has 6 atom stereocenters. The standard InChI is InChI=1S/C14H18ClN4O13P3/c1-2-14(15)8(5-20)9(6-29-34(25,26)32-35(27,28)31-33(22,23)24)30-12(14)19-4-3-7-10(19)17-13(16)18-11(7)21/h1,3-4,8-9,12,20H,5-6H2,(H,25,26)(H,27,28)(H2,22,23,24)(H3,16,17,18,21)/t8?,9-,12-,14?/m1/s1. The van der Waals surface area contributed by atoms with Gasteiger partial charge in [0.1, 0.15) is 0 Å². The number of terminal acetylenes is 1. The number of halogens is 1. The molecule has 3 rings (SSSR count). The summed E-state index contributed by atoms with van der Waals surface area (Å²) < 4.78 is 53.1. The third-order valence-electron chi connectivity index (χ3n) is 4.74. The number of phosphoric acid groups is 3. The summed E-state index contributed by atoms with van der Waals surface area (Å²) in [5.74, 6) is 0.860. The number of hydrogen-bond acceptors (Lipinski definition) is 11. The molecule has 0 aliphatic carbocycles. The molecule has 35 heavy (non-hydrogen) atoms. The van der Waals surface area contributed by atoms with Crippen LogP contribution in [-0.4, -0.2) is 63.4 Å². The highest BCUT2D eigenvalue weighted by Crippen LogP contribution is 2.66. The van der Waals surface area contributed by atoms with Gasteiger partial charge in [-0.2, -0.15) is 13.6 Å². The number of fused-ring (bicyclic) bond motifs is 1. The Kier molecular flexibility index (Phi) is 7.75. The van der Waals surface area contributed by atoms with Crippen molar-refractivity contribution in [2.24, 2.45) is 5.92 Å². The van der Waals surface area contributed by atoms with Crippen LogP contribution in [0.3, 0.4) is 0 Å². The lowest BCUT2D eigenvalue weighted by atomic mass is 9.89. The molecule has 0 amide bonds. The molecule has 0 saturated carbocycles. The molecule has 3 heterocycles. The highest BCUT2D eigenvalue weighted by Gasteiger charge is 2.56. The third kappa shape index (κ3) is 6.04. The first-order valence-electron chi connectivity index (χ1n) is 9.09. The predicted molar refractivity (Wildman–Crippen MR) is 116 cm³/mol. The highest BCUT2D eigenvalue weighted by atomic mass is 35.5. The number of aliphatic hydroxyl groups excluding tert-OH is 1. The lowest BCUT2D eigenvalue weighted by Gasteiger charge is -2.27. The molecule has 1 aliphatic rings. The van der Waals surface area contributed by atoms with Crippen LogP contribution in [0.25, 0.3) is 11.0 Å². The van der Waals surface area contributed by atoms with Gasteiger partial charge in [0, 0.05) is 12.1 Å². The largest absolute Gasteiger partial charge is 0.490 e. The van der Waals surface area contributed by atoms with Crippen LogP contribution in [0.1, 0.15) is 6.23 Å². The second-order valence-electron chi connectivity index (χ2n) is 7.03. The van der Waals surface area contributed by atoms with E-state index >= 15 is 0 Å². The summed E-state index contributed by atoms with van der Waals surface area (Å²) in [5, 5.41) is 9.99. The van der Waals surface area contributed by atoms with Crippen LogP contribution in [0.5, 0.6) is 0 Å². The summed E-state index contributed by atoms with van der Waals surface area (Å²) in [5.41, 5.74) is 5.03. The van der Waals surface area contributed by atoms with Crippen LogP contribution in [-0.2, 0) is 31.6 Å². The number of nitrogens with one attached hydrogen (secondary N) is 1. The number of hydrogen-bond donors (Lipinski definition) is 7. The number of aliphatic hydroxyl groups is 1. The Morgan fingerprint density at radius 3 is 2.51 bits per heavy atom. The first-order valence-corrected chi connectivity index (χ1v) is 14.0. The maximum atomic E-state index is 12.1. The van der Waals surface area contributed by atoms with Crippen molar-refractivity contribution in [2.75, 3.05) is 18.9 Å². The average Bonchev–Trinajstić information content (AvgIpc) is 3.22. The van der Waals surface area contributed by atoms with Crippen LogP contribution in [0.15, 0.2) is 17.1 Å². The van der Waals surface area contributed by atoms with Crippen molar-refractivity contribution in [1.29, 1.82) is 0 Å². The number of anilines is 1. The van der Waals surface area contributed by atoms with Crippen molar-refractivity contribution < 1.29 is 56.3 Å². The van der Waals surface area contributed by atoms with E-state index in [4.69, 9.17) is 38.3 Å². The zero-order chi connectivity index (χ0) is 26.4. The first kappa shape index (κ1) is 28.0. The molecule has 21 heteroatoms. The van der Waals surface area contributed by atoms with E-state index < -0.39 is 65.4 Å². The van der Waals surface area contributed by atoms with Gasteiger partial charge in [0.15, 0.2) is 16.7 Å². The molecule has 0 aromatic carbocycles. The van der Waals surface area contributed by atoms with E-state index in [2.05, 4.69) is 29.0 Å². The smallest absolute Gasteiger partial charge is 0.396 e. The SMILES string of the molecule is C#CC1(Cl)C(CO)[C@@H](COP(=O)(O)OP(=O)(O)OP(=O)(O)O)O[C@H]1n1ccc2c(=O)[nH]c(N)nc21. The second-order valence-corrected chi connectivity index (χ2v) is 12.1. The van der Waals surface area contributed by atoms with Crippen LogP contribution in [0.2, 0.25) is 0 Å². The van der Waals surface area contributed by atoms with E-state index in [9.17, 15) is 33.4 Å². The monoisotopic (exact) mass is 578 g/mol. The summed E-state index contributed by atoms with van der Waals surface area (Å²) >= 11 is 6.59. The lowest BCUT2D eigenvalue weighted by molar-refractivity contribution is -0.0339. The quantitative estimate of drug-likeness (QED) is 0.115. The van der Waals surface area contributed by atoms with Crippen molar-refractivity contribution in [3.63, 3.8) is 0 Å². The summed E-state index contributed by atoms with van der Waals surface area (Å²) in [7, 11) is -16.8. The Hall–Kier alpha value is -1.60. The molecular weight excluding hydrogens is 561 g/mol. The van der Waals surface area contributed by atoms with Gasteiger partial charge >= 0.3 is 23.5 Å². The van der Waals surface area contributed by atoms with Gasteiger partial charge in [-0.3, -0.25) is 14.3 Å². The number of aromatic amines is 1. The predicted octanol–water partition coefficient (Wildman–Crippen LogP) is -0.233. The number of nitrogens with zero attached hydrogens (tertiary/aromatic N) is 2. The summed E-state index contributed by atoms with van der Waals surface area (Å²) in [6.45, 7) is -1.65. The molecule has 0 spiro atoms. The fourth-order valence-electron chi connectivity index (χ4n) is 3.39. The molecule has 2 aromatic rings. The second kappa shape index (κ2) is 9.70. The fourth-order valence-corrected chi connectivity index (χ4v) is 6.78. The van der Waals surface area contributed by atoms with Crippen LogP contribution in [0.4, 0.5) is 5.95 Å². The zero-order valence-corrected chi connectivity index (χ0v) is 20.5. The van der Waals surface area contributed by atoms with Gasteiger partial charge in [-0.1, -0.05) is 17.5 Å². The lowest BCUT2D eigenvalue weighted by Crippen LogP contribution is -2.39. The molecule has 1 saturated heterocycles. The minimum absolute atomic E-state index is 0.0155. The van der Waals surface area contributed by atoms with Crippen molar-refractivity contribution in [1.82, 2.24) is 14.5 Å². The number of aromatic nitrogens is 3. The molecular formula is C14H18ClN4O13P3. The molecule has 194 valence electrons. The number of rotatable bonds is 9. The Labute approximate surface area is 200 Å². The number of alkyl halides is 1. The molecule has 2 aromatic heterocycles. The first-order chi connectivity index (χ1) is 16.0. The molecule has 1 aliphatic heterocycles. The van der Waals surface area contributed by atoms with Crippen molar-refractivity contribution in [3.8, 4) is 12.3 Å². The van der Waals surface area contributed by atoms with Gasteiger partial charge in [0.25, 0.3) is 5.56 Å². The van der Waals surface area contributed by atoms with E-state index in [1.54, 1.807) is 0 Å². The molecule has 17 nitrogen and oxygen atoms in total. The number of H-pyrrole nitrogens is 1. The van der Waals surface area contributed by atoms with Gasteiger partial charge in [-0.05, 0) is 6.07 Å². The van der Waals surface area contributed by atoms with Crippen LogP contribution >= 0.6 is 35.1 Å². The van der Waals surface area contributed by atoms with Gasteiger partial charge < -0.3 is 39.7 Å². The minimum Gasteiger partial charge on any atom is -0.396 e. The van der Waals surface area contributed by atoms with Crippen molar-refractivity contribution >= 4 is 52.1 Å². The summed E-state index contributed by atoms with van der Waals surface area (Å²) in [6.07, 6.45) is 4.27. The average molecular weight is 579 g/mol. The molecule has 1 fully saturated rings. The fraction of sp³-hybridized carbons (Fsp3) is 0.429. The van der Waals surface area contributed by atoms with Gasteiger partial charge in [-0.25, -0.2) is 13.7 Å². The van der Waals surface area contributed by atoms with E-state index in [0.717, 1.165) is 0 Å². The third-order valence-corrected chi connectivity index (χ3v) is 9.12. The van der Waals surface area contributed by atoms with E-state index in [0.29, 0.717) is 0 Å². The maximum absolute atomic E-state index is 12.1. The molecule has 0 bridgehead atoms. The summed E-state index contributed by atoms with van der Waals surface area (Å²) in [6, 6.07) is 1.37. The minimum atomic E-state index is -5.75. The number of phosphoric ester groups is 1. The van der Waals surface area contributed by atoms with Crippen molar-refractivity contribution in [2.45, 2.75) is 17.2 Å². The van der Waals surface area contributed by atoms with Gasteiger partial charge in [0.2, 0.25) is 5.95 Å². The normalized spacial score (nSPS) is 28.4.